The van der Waals surface area contributed by atoms with Crippen molar-refractivity contribution in [1.29, 1.82) is 0 Å². The van der Waals surface area contributed by atoms with E-state index in [2.05, 4.69) is 31.8 Å². The Hall–Kier alpha value is -1.12. The van der Waals surface area contributed by atoms with Crippen LogP contribution in [0, 0.1) is 0 Å². The fraction of sp³-hybridized carbons (Fsp3) is 0.353. The number of hydrogen-bond acceptors (Lipinski definition) is 5. The van der Waals surface area contributed by atoms with Crippen LogP contribution in [0.25, 0.3) is 11.1 Å². The number of nitrogens with zero attached hydrogens (tertiary/aromatic N) is 3. The molecule has 1 aliphatic rings. The average molecular weight is 443 g/mol. The largest absolute Gasteiger partial charge is 0.421 e. The molecule has 8 heteroatoms. The molecule has 0 bridgehead atoms. The summed E-state index contributed by atoms with van der Waals surface area (Å²) in [7, 11) is 0. The third-order valence-corrected chi connectivity index (χ3v) is 6.15. The lowest BCUT2D eigenvalue weighted by Crippen LogP contribution is -2.46. The van der Waals surface area contributed by atoms with Gasteiger partial charge in [0.15, 0.2) is 5.58 Å². The van der Waals surface area contributed by atoms with Crippen molar-refractivity contribution in [2.24, 2.45) is 0 Å². The summed E-state index contributed by atoms with van der Waals surface area (Å²) in [6, 6.07) is 9.72. The summed E-state index contributed by atoms with van der Waals surface area (Å²) >= 11 is 11.0. The van der Waals surface area contributed by atoms with E-state index >= 15 is 0 Å². The predicted molar refractivity (Wildman–Crippen MR) is 104 cm³/mol. The van der Waals surface area contributed by atoms with Crippen molar-refractivity contribution in [1.82, 2.24) is 14.4 Å². The van der Waals surface area contributed by atoms with Gasteiger partial charge in [-0.2, -0.15) is 0 Å². The molecule has 0 unspecified atom stereocenters. The van der Waals surface area contributed by atoms with E-state index in [9.17, 15) is 4.79 Å². The van der Waals surface area contributed by atoms with Crippen molar-refractivity contribution in [3.63, 3.8) is 0 Å². The first-order valence-corrected chi connectivity index (χ1v) is 10.0. The number of benzene rings is 1. The summed E-state index contributed by atoms with van der Waals surface area (Å²) in [5.74, 6) is -0.302. The molecule has 5 nitrogen and oxygen atoms in total. The Morgan fingerprint density at radius 2 is 1.88 bits per heavy atom. The van der Waals surface area contributed by atoms with Crippen molar-refractivity contribution in [3.05, 3.63) is 54.6 Å². The van der Waals surface area contributed by atoms with E-state index in [0.717, 1.165) is 47.0 Å². The molecule has 0 amide bonds. The van der Waals surface area contributed by atoms with Crippen LogP contribution in [0.15, 0.2) is 44.0 Å². The summed E-state index contributed by atoms with van der Waals surface area (Å²) in [4.78, 5) is 18.2. The topological polar surface area (TPSA) is 41.6 Å². The average Bonchev–Trinajstić information content (AvgIpc) is 3.12. The molecule has 4 rings (SSSR count). The van der Waals surface area contributed by atoms with Crippen LogP contribution in [0.3, 0.4) is 0 Å². The van der Waals surface area contributed by atoms with Gasteiger partial charge < -0.3 is 4.42 Å². The van der Waals surface area contributed by atoms with Crippen LogP contribution in [0.1, 0.15) is 4.88 Å². The monoisotopic (exact) mass is 441 g/mol. The van der Waals surface area contributed by atoms with Gasteiger partial charge in [0.25, 0.3) is 0 Å². The highest BCUT2D eigenvalue weighted by atomic mass is 79.9. The summed E-state index contributed by atoms with van der Waals surface area (Å²) in [6.07, 6.45) is 0. The Morgan fingerprint density at radius 1 is 1.12 bits per heavy atom. The minimum absolute atomic E-state index is 0.302. The maximum absolute atomic E-state index is 12.2. The molecule has 0 atom stereocenters. The zero-order chi connectivity index (χ0) is 17.4. The van der Waals surface area contributed by atoms with Crippen molar-refractivity contribution in [2.45, 2.75) is 13.2 Å². The van der Waals surface area contributed by atoms with Gasteiger partial charge in [-0.05, 0) is 30.3 Å². The SMILES string of the molecule is O=c1oc2cc(Br)ccc2n1CN1CCN(Cc2ccc(Cl)s2)CC1. The zero-order valence-electron chi connectivity index (χ0n) is 13.5. The third-order valence-electron chi connectivity index (χ3n) is 4.44. The van der Waals surface area contributed by atoms with E-state index < -0.39 is 0 Å². The number of oxazole rings is 1. The van der Waals surface area contributed by atoms with Crippen LogP contribution < -0.4 is 5.76 Å². The zero-order valence-corrected chi connectivity index (χ0v) is 16.6. The highest BCUT2D eigenvalue weighted by Crippen LogP contribution is 2.23. The Morgan fingerprint density at radius 3 is 2.60 bits per heavy atom. The molecular weight excluding hydrogens is 426 g/mol. The number of aromatic nitrogens is 1. The fourth-order valence-corrected chi connectivity index (χ4v) is 4.59. The molecule has 1 aliphatic heterocycles. The smallest absolute Gasteiger partial charge is 0.408 e. The van der Waals surface area contributed by atoms with Crippen LogP contribution in [0.4, 0.5) is 0 Å². The Labute approximate surface area is 162 Å². The van der Waals surface area contributed by atoms with Crippen LogP contribution in [-0.4, -0.2) is 40.5 Å². The van der Waals surface area contributed by atoms with E-state index in [-0.39, 0.29) is 5.76 Å². The molecule has 0 radical (unpaired) electrons. The van der Waals surface area contributed by atoms with Crippen molar-refractivity contribution in [3.8, 4) is 0 Å². The second-order valence-electron chi connectivity index (χ2n) is 6.15. The van der Waals surface area contributed by atoms with E-state index in [4.69, 9.17) is 16.0 Å². The Kier molecular flexibility index (Phi) is 5.01. The molecule has 0 aliphatic carbocycles. The molecule has 0 saturated carbocycles. The fourth-order valence-electron chi connectivity index (χ4n) is 3.12. The predicted octanol–water partition coefficient (Wildman–Crippen LogP) is 3.85. The highest BCUT2D eigenvalue weighted by molar-refractivity contribution is 9.10. The molecule has 3 heterocycles. The number of piperazine rings is 1. The molecule has 25 heavy (non-hydrogen) atoms. The van der Waals surface area contributed by atoms with Crippen LogP contribution in [0.2, 0.25) is 4.34 Å². The van der Waals surface area contributed by atoms with Gasteiger partial charge in [-0.3, -0.25) is 14.4 Å². The second-order valence-corrected chi connectivity index (χ2v) is 8.86. The van der Waals surface area contributed by atoms with E-state index in [1.165, 1.54) is 4.88 Å². The van der Waals surface area contributed by atoms with Crippen LogP contribution in [0.5, 0.6) is 0 Å². The normalized spacial score (nSPS) is 16.7. The molecule has 1 saturated heterocycles. The van der Waals surface area contributed by atoms with Crippen molar-refractivity contribution >= 4 is 50.0 Å². The summed E-state index contributed by atoms with van der Waals surface area (Å²) < 4.78 is 8.80. The number of thiophene rings is 1. The quantitative estimate of drug-likeness (QED) is 0.615. The standard InChI is InChI=1S/C17H17BrClN3O2S/c18-12-1-3-14-15(9-12)24-17(23)22(14)11-21-7-5-20(6-8-21)10-13-2-4-16(19)25-13/h1-4,9H,5-8,10-11H2. The van der Waals surface area contributed by atoms with Gasteiger partial charge in [0.2, 0.25) is 0 Å². The molecular formula is C17H17BrClN3O2S. The van der Waals surface area contributed by atoms with Crippen LogP contribution in [-0.2, 0) is 13.2 Å². The third kappa shape index (κ3) is 3.85. The number of halogens is 2. The summed E-state index contributed by atoms with van der Waals surface area (Å²) in [5.41, 5.74) is 1.46. The highest BCUT2D eigenvalue weighted by Gasteiger charge is 2.19. The first kappa shape index (κ1) is 17.3. The maximum Gasteiger partial charge on any atom is 0.421 e. The lowest BCUT2D eigenvalue weighted by atomic mass is 10.3. The first-order chi connectivity index (χ1) is 12.1. The Bertz CT molecular complexity index is 943. The summed E-state index contributed by atoms with van der Waals surface area (Å²) in [6.45, 7) is 5.31. The van der Waals surface area contributed by atoms with Gasteiger partial charge >= 0.3 is 5.76 Å². The van der Waals surface area contributed by atoms with E-state index in [0.29, 0.717) is 12.3 Å². The van der Waals surface area contributed by atoms with Gasteiger partial charge in [-0.25, -0.2) is 4.79 Å². The van der Waals surface area contributed by atoms with E-state index in [1.54, 1.807) is 15.9 Å². The van der Waals surface area contributed by atoms with Gasteiger partial charge in [0.05, 0.1) is 16.5 Å². The minimum atomic E-state index is -0.302. The Balaban J connectivity index is 1.40. The van der Waals surface area contributed by atoms with Gasteiger partial charge in [-0.15, -0.1) is 11.3 Å². The second kappa shape index (κ2) is 7.25. The summed E-state index contributed by atoms with van der Waals surface area (Å²) in [5, 5.41) is 0. The van der Waals surface area contributed by atoms with Crippen LogP contribution >= 0.6 is 38.9 Å². The minimum Gasteiger partial charge on any atom is -0.408 e. The number of fused-ring (bicyclic) bond motifs is 1. The lowest BCUT2D eigenvalue weighted by molar-refractivity contribution is 0.102. The molecule has 2 aromatic heterocycles. The van der Waals surface area contributed by atoms with Gasteiger partial charge in [0, 0.05) is 42.1 Å². The molecule has 0 N–H and O–H groups in total. The number of hydrogen-bond donors (Lipinski definition) is 0. The lowest BCUT2D eigenvalue weighted by Gasteiger charge is -2.34. The molecule has 1 aromatic carbocycles. The molecule has 0 spiro atoms. The van der Waals surface area contributed by atoms with Crippen molar-refractivity contribution in [2.75, 3.05) is 26.2 Å². The number of rotatable bonds is 4. The van der Waals surface area contributed by atoms with Crippen molar-refractivity contribution < 1.29 is 4.42 Å². The molecule has 132 valence electrons. The molecule has 3 aromatic rings. The van der Waals surface area contributed by atoms with Gasteiger partial charge in [-0.1, -0.05) is 27.5 Å². The van der Waals surface area contributed by atoms with Gasteiger partial charge in [0.1, 0.15) is 0 Å². The van der Waals surface area contributed by atoms with E-state index in [1.807, 2.05) is 24.3 Å². The molecule has 1 fully saturated rings. The maximum atomic E-state index is 12.2. The first-order valence-electron chi connectivity index (χ1n) is 8.06.